The van der Waals surface area contributed by atoms with Gasteiger partial charge in [0.15, 0.2) is 0 Å². The third kappa shape index (κ3) is 3.11. The van der Waals surface area contributed by atoms with Gasteiger partial charge in [0.05, 0.1) is 11.6 Å². The van der Waals surface area contributed by atoms with E-state index in [0.29, 0.717) is 5.69 Å². The number of hydrogen-bond acceptors (Lipinski definition) is 2. The van der Waals surface area contributed by atoms with E-state index in [-0.39, 0.29) is 10.5 Å². The minimum absolute atomic E-state index is 0.0698. The predicted octanol–water partition coefficient (Wildman–Crippen LogP) is 6.02. The molecule has 1 nitrogen and oxygen atoms in total. The lowest BCUT2D eigenvalue weighted by Gasteiger charge is -2.25. The molecule has 1 aromatic heterocycles. The van der Waals surface area contributed by atoms with Crippen LogP contribution in [0.15, 0.2) is 34.1 Å². The number of halogens is 4. The maximum Gasteiger partial charge on any atom is 0.417 e. The molecule has 1 heterocycles. The fourth-order valence-corrected chi connectivity index (χ4v) is 4.13. The van der Waals surface area contributed by atoms with Crippen molar-refractivity contribution < 1.29 is 13.2 Å². The summed E-state index contributed by atoms with van der Waals surface area (Å²) in [6.45, 7) is 0. The molecule has 112 valence electrons. The fourth-order valence-electron chi connectivity index (χ4n) is 2.67. The van der Waals surface area contributed by atoms with Crippen LogP contribution >= 0.6 is 27.3 Å². The first kappa shape index (κ1) is 14.9. The average molecular weight is 376 g/mol. The van der Waals surface area contributed by atoms with Crippen LogP contribution in [0.4, 0.5) is 18.9 Å². The molecule has 1 aromatic carbocycles. The second kappa shape index (κ2) is 5.65. The average Bonchev–Trinajstić information content (AvgIpc) is 2.89. The molecule has 1 unspecified atom stereocenters. The van der Waals surface area contributed by atoms with Gasteiger partial charge in [-0.15, -0.1) is 11.3 Å². The second-order valence-corrected chi connectivity index (χ2v) is 6.94. The van der Waals surface area contributed by atoms with Gasteiger partial charge in [-0.2, -0.15) is 13.2 Å². The van der Waals surface area contributed by atoms with Crippen molar-refractivity contribution in [2.75, 3.05) is 5.32 Å². The van der Waals surface area contributed by atoms with Crippen LogP contribution in [0.2, 0.25) is 0 Å². The van der Waals surface area contributed by atoms with E-state index >= 15 is 0 Å². The summed E-state index contributed by atoms with van der Waals surface area (Å²) in [6.07, 6.45) is -1.27. The van der Waals surface area contributed by atoms with Crippen molar-refractivity contribution in [1.82, 2.24) is 0 Å². The molecule has 1 aliphatic carbocycles. The highest BCUT2D eigenvalue weighted by Crippen LogP contribution is 2.39. The number of benzene rings is 1. The Morgan fingerprint density at radius 1 is 1.24 bits per heavy atom. The first-order valence-electron chi connectivity index (χ1n) is 6.64. The van der Waals surface area contributed by atoms with Crippen LogP contribution in [0.25, 0.3) is 0 Å². The molecule has 1 aliphatic rings. The van der Waals surface area contributed by atoms with E-state index in [0.717, 1.165) is 19.3 Å². The maximum atomic E-state index is 12.9. The summed E-state index contributed by atoms with van der Waals surface area (Å²) >= 11 is 4.69. The zero-order valence-corrected chi connectivity index (χ0v) is 13.4. The van der Waals surface area contributed by atoms with Crippen LogP contribution < -0.4 is 5.32 Å². The van der Waals surface area contributed by atoms with Crippen molar-refractivity contribution in [2.45, 2.75) is 31.5 Å². The molecule has 1 N–H and O–H groups in total. The van der Waals surface area contributed by atoms with E-state index in [2.05, 4.69) is 27.3 Å². The maximum absolute atomic E-state index is 12.9. The molecule has 3 rings (SSSR count). The summed E-state index contributed by atoms with van der Waals surface area (Å²) in [5.74, 6) is 0. The summed E-state index contributed by atoms with van der Waals surface area (Å²) in [6, 6.07) is 6.47. The lowest BCUT2D eigenvalue weighted by Crippen LogP contribution is -2.16. The van der Waals surface area contributed by atoms with Crippen molar-refractivity contribution in [2.24, 2.45) is 0 Å². The van der Waals surface area contributed by atoms with Gasteiger partial charge in [0.2, 0.25) is 0 Å². The highest BCUT2D eigenvalue weighted by Gasteiger charge is 2.33. The predicted molar refractivity (Wildman–Crippen MR) is 82.8 cm³/mol. The van der Waals surface area contributed by atoms with E-state index in [9.17, 15) is 13.2 Å². The van der Waals surface area contributed by atoms with Crippen LogP contribution in [-0.4, -0.2) is 0 Å². The van der Waals surface area contributed by atoms with E-state index < -0.39 is 11.7 Å². The second-order valence-electron chi connectivity index (χ2n) is 5.08. The summed E-state index contributed by atoms with van der Waals surface area (Å²) in [5.41, 5.74) is 1.09. The lowest BCUT2D eigenvalue weighted by molar-refractivity contribution is -0.138. The molecule has 0 saturated heterocycles. The van der Waals surface area contributed by atoms with E-state index in [1.807, 2.05) is 5.38 Å². The molecule has 0 bridgehead atoms. The molecule has 6 heteroatoms. The van der Waals surface area contributed by atoms with Gasteiger partial charge in [-0.25, -0.2) is 0 Å². The zero-order chi connectivity index (χ0) is 15.0. The summed E-state index contributed by atoms with van der Waals surface area (Å²) in [4.78, 5) is 1.34. The Bertz CT molecular complexity index is 651. The highest BCUT2D eigenvalue weighted by atomic mass is 79.9. The van der Waals surface area contributed by atoms with Crippen LogP contribution in [0.5, 0.6) is 0 Å². The summed E-state index contributed by atoms with van der Waals surface area (Å²) < 4.78 is 38.9. The Balaban J connectivity index is 1.87. The number of thiophene rings is 1. The number of aryl methyl sites for hydroxylation is 1. The Morgan fingerprint density at radius 2 is 2.05 bits per heavy atom. The third-order valence-corrected chi connectivity index (χ3v) is 5.35. The number of hydrogen-bond donors (Lipinski definition) is 1. The van der Waals surface area contributed by atoms with Gasteiger partial charge in [-0.05, 0) is 54.5 Å². The lowest BCUT2D eigenvalue weighted by atomic mass is 9.94. The van der Waals surface area contributed by atoms with Crippen LogP contribution in [0.1, 0.15) is 34.9 Å². The first-order valence-corrected chi connectivity index (χ1v) is 8.32. The molecule has 0 radical (unpaired) electrons. The fraction of sp³-hybridized carbons (Fsp3) is 0.333. The molecule has 21 heavy (non-hydrogen) atoms. The van der Waals surface area contributed by atoms with Gasteiger partial charge in [-0.1, -0.05) is 15.9 Å². The zero-order valence-electron chi connectivity index (χ0n) is 11.0. The standard InChI is InChI=1S/C15H13BrF3NS/c16-12-5-4-9(8-11(12)15(17,18)19)20-13-2-1-3-14-10(13)6-7-21-14/h4-8,13,20H,1-3H2. The number of fused-ring (bicyclic) bond motifs is 1. The molecule has 0 aliphatic heterocycles. The Labute approximate surface area is 133 Å². The molecule has 2 aromatic rings. The Morgan fingerprint density at radius 3 is 2.81 bits per heavy atom. The quantitative estimate of drug-likeness (QED) is 0.676. The molecule has 0 spiro atoms. The smallest absolute Gasteiger partial charge is 0.378 e. The Hall–Kier alpha value is -1.01. The summed E-state index contributed by atoms with van der Waals surface area (Å²) in [7, 11) is 0. The van der Waals surface area contributed by atoms with E-state index in [4.69, 9.17) is 0 Å². The molecule has 0 saturated carbocycles. The number of rotatable bonds is 2. The van der Waals surface area contributed by atoms with Gasteiger partial charge >= 0.3 is 6.18 Å². The number of nitrogens with one attached hydrogen (secondary N) is 1. The van der Waals surface area contributed by atoms with Crippen molar-refractivity contribution in [3.63, 3.8) is 0 Å². The molecule has 0 amide bonds. The van der Waals surface area contributed by atoms with Gasteiger partial charge in [0.1, 0.15) is 0 Å². The topological polar surface area (TPSA) is 12.0 Å². The van der Waals surface area contributed by atoms with Crippen LogP contribution in [-0.2, 0) is 12.6 Å². The minimum atomic E-state index is -4.35. The first-order chi connectivity index (χ1) is 9.95. The minimum Gasteiger partial charge on any atom is -0.378 e. The van der Waals surface area contributed by atoms with Gasteiger partial charge < -0.3 is 5.32 Å². The molecule has 0 fully saturated rings. The monoisotopic (exact) mass is 375 g/mol. The van der Waals surface area contributed by atoms with Crippen LogP contribution in [0.3, 0.4) is 0 Å². The largest absolute Gasteiger partial charge is 0.417 e. The van der Waals surface area contributed by atoms with Crippen molar-refractivity contribution in [3.8, 4) is 0 Å². The summed E-state index contributed by atoms with van der Waals surface area (Å²) in [5, 5.41) is 5.30. The van der Waals surface area contributed by atoms with Gasteiger partial charge in [0.25, 0.3) is 0 Å². The van der Waals surface area contributed by atoms with Gasteiger partial charge in [0, 0.05) is 15.0 Å². The van der Waals surface area contributed by atoms with E-state index in [1.165, 1.54) is 22.6 Å². The van der Waals surface area contributed by atoms with Crippen molar-refractivity contribution in [3.05, 3.63) is 50.1 Å². The Kier molecular flexibility index (Phi) is 4.01. The van der Waals surface area contributed by atoms with Crippen LogP contribution in [0, 0.1) is 0 Å². The number of anilines is 1. The van der Waals surface area contributed by atoms with E-state index in [1.54, 1.807) is 17.4 Å². The third-order valence-electron chi connectivity index (χ3n) is 3.66. The normalized spacial score (nSPS) is 18.4. The van der Waals surface area contributed by atoms with Crippen molar-refractivity contribution >= 4 is 33.0 Å². The molecular weight excluding hydrogens is 363 g/mol. The van der Waals surface area contributed by atoms with Gasteiger partial charge in [-0.3, -0.25) is 0 Å². The molecule has 1 atom stereocenters. The van der Waals surface area contributed by atoms with Crippen molar-refractivity contribution in [1.29, 1.82) is 0 Å². The molecular formula is C15H13BrF3NS. The highest BCUT2D eigenvalue weighted by molar-refractivity contribution is 9.10. The number of alkyl halides is 3. The SMILES string of the molecule is FC(F)(F)c1cc(NC2CCCc3sccc32)ccc1Br.